The highest BCUT2D eigenvalue weighted by Crippen LogP contribution is 2.38. The maximum atomic E-state index is 13.0. The second-order valence-corrected chi connectivity index (χ2v) is 7.76. The van der Waals surface area contributed by atoms with Gasteiger partial charge in [-0.15, -0.1) is 0 Å². The Morgan fingerprint density at radius 3 is 2.64 bits per heavy atom. The van der Waals surface area contributed by atoms with Crippen LogP contribution in [0.4, 0.5) is 13.2 Å². The summed E-state index contributed by atoms with van der Waals surface area (Å²) in [6.07, 6.45) is -2.68. The van der Waals surface area contributed by atoms with E-state index >= 15 is 0 Å². The van der Waals surface area contributed by atoms with Gasteiger partial charge in [-0.3, -0.25) is 9.98 Å². The Morgan fingerprint density at radius 2 is 1.89 bits per heavy atom. The van der Waals surface area contributed by atoms with E-state index in [1.165, 1.54) is 23.9 Å². The average molecular weight is 401 g/mol. The van der Waals surface area contributed by atoms with Crippen LogP contribution in [-0.4, -0.2) is 16.3 Å². The predicted octanol–water partition coefficient (Wildman–Crippen LogP) is 5.36. The van der Waals surface area contributed by atoms with E-state index in [0.717, 1.165) is 27.4 Å². The van der Waals surface area contributed by atoms with E-state index < -0.39 is 11.7 Å². The van der Waals surface area contributed by atoms with Crippen LogP contribution >= 0.6 is 11.8 Å². The molecule has 144 valence electrons. The van der Waals surface area contributed by atoms with Crippen molar-refractivity contribution in [3.05, 3.63) is 77.5 Å². The standard InChI is InChI=1S/C21H18F3N3S/c1-13-17(15-8-5-9-16(10-15)21(22,23)24)12-25-19-18(13)27-20(28-19)26-11-14-6-3-2-4-7-14/h2-10,12-13,18H,11H2,1H3,(H,26,27)/t13-,18?/m1/s1. The first-order chi connectivity index (χ1) is 13.4. The zero-order valence-electron chi connectivity index (χ0n) is 15.1. The van der Waals surface area contributed by atoms with Crippen molar-refractivity contribution in [3.63, 3.8) is 0 Å². The minimum absolute atomic E-state index is 0.0205. The third-order valence-electron chi connectivity index (χ3n) is 4.84. The number of thioether (sulfide) groups is 1. The fourth-order valence-corrected chi connectivity index (χ4v) is 4.31. The third kappa shape index (κ3) is 3.85. The van der Waals surface area contributed by atoms with Gasteiger partial charge in [0, 0.05) is 12.1 Å². The molecule has 3 nitrogen and oxygen atoms in total. The third-order valence-corrected chi connectivity index (χ3v) is 5.85. The molecule has 1 unspecified atom stereocenters. The van der Waals surface area contributed by atoms with Crippen molar-refractivity contribution in [3.8, 4) is 0 Å². The number of alkyl halides is 3. The number of fused-ring (bicyclic) bond motifs is 1. The highest BCUT2D eigenvalue weighted by molar-refractivity contribution is 8.27. The van der Waals surface area contributed by atoms with Crippen molar-refractivity contribution in [2.75, 3.05) is 0 Å². The van der Waals surface area contributed by atoms with Gasteiger partial charge in [-0.05, 0) is 40.6 Å². The Labute approximate surface area is 165 Å². The zero-order valence-corrected chi connectivity index (χ0v) is 15.9. The minimum atomic E-state index is -4.36. The molecule has 2 heterocycles. The van der Waals surface area contributed by atoms with Crippen LogP contribution in [0.2, 0.25) is 0 Å². The monoisotopic (exact) mass is 401 g/mol. The summed E-state index contributed by atoms with van der Waals surface area (Å²) in [6.45, 7) is 2.57. The molecule has 0 amide bonds. The van der Waals surface area contributed by atoms with E-state index in [2.05, 4.69) is 15.3 Å². The van der Waals surface area contributed by atoms with Gasteiger partial charge in [-0.1, -0.05) is 49.4 Å². The van der Waals surface area contributed by atoms with Gasteiger partial charge in [0.25, 0.3) is 0 Å². The molecule has 0 aromatic heterocycles. The summed E-state index contributed by atoms with van der Waals surface area (Å²) in [5.74, 6) is -0.0205. The topological polar surface area (TPSA) is 36.8 Å². The van der Waals surface area contributed by atoms with Crippen molar-refractivity contribution < 1.29 is 13.2 Å². The summed E-state index contributed by atoms with van der Waals surface area (Å²) in [4.78, 5) is 9.10. The molecule has 7 heteroatoms. The van der Waals surface area contributed by atoms with Crippen molar-refractivity contribution in [1.29, 1.82) is 0 Å². The molecule has 0 saturated carbocycles. The van der Waals surface area contributed by atoms with Crippen molar-refractivity contribution in [2.45, 2.75) is 25.7 Å². The Bertz CT molecular complexity index is 964. The second kappa shape index (κ2) is 7.47. The fourth-order valence-electron chi connectivity index (χ4n) is 3.30. The number of aliphatic imine (C=N–C) groups is 2. The fraction of sp³-hybridized carbons (Fsp3) is 0.238. The maximum absolute atomic E-state index is 13.0. The van der Waals surface area contributed by atoms with Gasteiger partial charge in [0.15, 0.2) is 5.17 Å². The molecule has 0 bridgehead atoms. The summed E-state index contributed by atoms with van der Waals surface area (Å²) in [7, 11) is 0. The summed E-state index contributed by atoms with van der Waals surface area (Å²) in [5, 5.41) is 5.06. The highest BCUT2D eigenvalue weighted by Gasteiger charge is 2.37. The molecule has 2 aromatic rings. The van der Waals surface area contributed by atoms with Crippen LogP contribution in [0, 0.1) is 5.92 Å². The highest BCUT2D eigenvalue weighted by atomic mass is 32.2. The molecular formula is C21H18F3N3S. The summed E-state index contributed by atoms with van der Waals surface area (Å²) in [6, 6.07) is 15.3. The molecule has 0 spiro atoms. The molecule has 0 radical (unpaired) electrons. The number of hydrogen-bond donors (Lipinski definition) is 1. The number of nitrogens with one attached hydrogen (secondary N) is 1. The minimum Gasteiger partial charge on any atom is -0.355 e. The predicted molar refractivity (Wildman–Crippen MR) is 108 cm³/mol. The van der Waals surface area contributed by atoms with Crippen molar-refractivity contribution >= 4 is 27.5 Å². The van der Waals surface area contributed by atoms with Crippen molar-refractivity contribution in [1.82, 2.24) is 5.32 Å². The first-order valence-corrected chi connectivity index (χ1v) is 9.71. The molecule has 1 fully saturated rings. The summed E-state index contributed by atoms with van der Waals surface area (Å²) < 4.78 is 39.1. The van der Waals surface area contributed by atoms with E-state index in [-0.39, 0.29) is 12.0 Å². The SMILES string of the molecule is C[C@@H]1C(c2cccc(C(F)(F)F)c2)=CN=C2SC(=NCc3ccccc3)NC21. The molecule has 1 N–H and O–H groups in total. The van der Waals surface area contributed by atoms with E-state index in [1.807, 2.05) is 37.3 Å². The van der Waals surface area contributed by atoms with Crippen LogP contribution in [-0.2, 0) is 12.7 Å². The van der Waals surface area contributed by atoms with Gasteiger partial charge in [0.2, 0.25) is 0 Å². The molecule has 2 aliphatic heterocycles. The van der Waals surface area contributed by atoms with Gasteiger partial charge in [0.05, 0.1) is 18.2 Å². The lowest BCUT2D eigenvalue weighted by molar-refractivity contribution is -0.137. The largest absolute Gasteiger partial charge is 0.416 e. The average Bonchev–Trinajstić information content (AvgIpc) is 3.11. The second-order valence-electron chi connectivity index (χ2n) is 6.75. The number of amidine groups is 1. The summed E-state index contributed by atoms with van der Waals surface area (Å²) in [5.41, 5.74) is 1.81. The smallest absolute Gasteiger partial charge is 0.355 e. The molecule has 1 saturated heterocycles. The lowest BCUT2D eigenvalue weighted by Crippen LogP contribution is -2.37. The number of hydrogen-bond acceptors (Lipinski definition) is 3. The van der Waals surface area contributed by atoms with Crippen LogP contribution in [0.15, 0.2) is 70.8 Å². The van der Waals surface area contributed by atoms with Gasteiger partial charge in [0.1, 0.15) is 5.04 Å². The van der Waals surface area contributed by atoms with E-state index in [9.17, 15) is 13.2 Å². The van der Waals surface area contributed by atoms with Crippen molar-refractivity contribution in [2.24, 2.45) is 15.9 Å². The zero-order chi connectivity index (χ0) is 19.7. The van der Waals surface area contributed by atoms with Crippen LogP contribution < -0.4 is 5.32 Å². The molecule has 2 aliphatic rings. The van der Waals surface area contributed by atoms with Crippen LogP contribution in [0.1, 0.15) is 23.6 Å². The van der Waals surface area contributed by atoms with Crippen LogP contribution in [0.5, 0.6) is 0 Å². The molecule has 0 aliphatic carbocycles. The Morgan fingerprint density at radius 1 is 1.11 bits per heavy atom. The molecule has 28 heavy (non-hydrogen) atoms. The molecular weight excluding hydrogens is 383 g/mol. The quantitative estimate of drug-likeness (QED) is 0.752. The first-order valence-electron chi connectivity index (χ1n) is 8.90. The Hall–Kier alpha value is -2.54. The Kier molecular flexibility index (Phi) is 5.02. The maximum Gasteiger partial charge on any atom is 0.416 e. The molecule has 4 rings (SSSR count). The summed E-state index contributed by atoms with van der Waals surface area (Å²) >= 11 is 1.49. The van der Waals surface area contributed by atoms with Gasteiger partial charge in [-0.25, -0.2) is 0 Å². The normalized spacial score (nSPS) is 23.1. The van der Waals surface area contributed by atoms with E-state index in [4.69, 9.17) is 0 Å². The van der Waals surface area contributed by atoms with Gasteiger partial charge >= 0.3 is 6.18 Å². The first kappa shape index (κ1) is 18.8. The number of benzene rings is 2. The van der Waals surface area contributed by atoms with E-state index in [0.29, 0.717) is 12.1 Å². The van der Waals surface area contributed by atoms with Gasteiger partial charge < -0.3 is 5.32 Å². The van der Waals surface area contributed by atoms with Crippen LogP contribution in [0.3, 0.4) is 0 Å². The number of halogens is 3. The lowest BCUT2D eigenvalue weighted by atomic mass is 9.87. The van der Waals surface area contributed by atoms with E-state index in [1.54, 1.807) is 12.3 Å². The van der Waals surface area contributed by atoms with Gasteiger partial charge in [-0.2, -0.15) is 13.2 Å². The molecule has 2 atom stereocenters. The number of rotatable bonds is 3. The van der Waals surface area contributed by atoms with Crippen LogP contribution in [0.25, 0.3) is 5.57 Å². The Balaban J connectivity index is 1.52. The number of nitrogens with zero attached hydrogens (tertiary/aromatic N) is 2. The molecule has 2 aromatic carbocycles. The lowest BCUT2D eigenvalue weighted by Gasteiger charge is -2.26.